The molecule has 3 atom stereocenters. The topological polar surface area (TPSA) is 79.6 Å². The van der Waals surface area contributed by atoms with Gasteiger partial charge in [0.1, 0.15) is 5.01 Å². The molecule has 1 saturated carbocycles. The molecule has 0 radical (unpaired) electrons. The number of carbonyl (C=O) groups is 1. The van der Waals surface area contributed by atoms with Crippen molar-refractivity contribution in [3.63, 3.8) is 0 Å². The monoisotopic (exact) mass is 435 g/mol. The first-order valence-corrected chi connectivity index (χ1v) is 12.0. The van der Waals surface area contributed by atoms with E-state index in [2.05, 4.69) is 34.4 Å². The Morgan fingerprint density at radius 1 is 1.38 bits per heavy atom. The lowest BCUT2D eigenvalue weighted by Crippen LogP contribution is -2.22. The maximum Gasteiger partial charge on any atom is 0.223 e. The molecule has 0 saturated heterocycles. The van der Waals surface area contributed by atoms with E-state index in [0.717, 1.165) is 47.9 Å². The van der Waals surface area contributed by atoms with Gasteiger partial charge in [0.25, 0.3) is 0 Å². The first-order chi connectivity index (χ1) is 13.9. The number of nitrogens with one attached hydrogen (secondary N) is 1. The zero-order valence-electron chi connectivity index (χ0n) is 18.4. The highest BCUT2D eigenvalue weighted by atomic mass is 32.2. The molecule has 0 bridgehead atoms. The van der Waals surface area contributed by atoms with E-state index in [1.54, 1.807) is 11.8 Å². The summed E-state index contributed by atoms with van der Waals surface area (Å²) in [6.07, 6.45) is 7.52. The molecular weight excluding hydrogens is 402 g/mol. The molecule has 1 aliphatic carbocycles. The van der Waals surface area contributed by atoms with Crippen LogP contribution in [0.2, 0.25) is 0 Å². The van der Waals surface area contributed by atoms with E-state index in [-0.39, 0.29) is 5.91 Å². The smallest absolute Gasteiger partial charge is 0.223 e. The van der Waals surface area contributed by atoms with Crippen molar-refractivity contribution in [2.45, 2.75) is 72.6 Å². The second kappa shape index (κ2) is 11.6. The molecule has 8 heteroatoms. The quantitative estimate of drug-likeness (QED) is 0.445. The van der Waals surface area contributed by atoms with Crippen molar-refractivity contribution < 1.29 is 4.79 Å². The summed E-state index contributed by atoms with van der Waals surface area (Å²) < 4.78 is 0. The Morgan fingerprint density at radius 3 is 2.76 bits per heavy atom. The summed E-state index contributed by atoms with van der Waals surface area (Å²) in [6.45, 7) is 9.99. The molecule has 6 nitrogen and oxygen atoms in total. The number of amides is 1. The number of nitrogens with zero attached hydrogens (tertiary/aromatic N) is 4. The summed E-state index contributed by atoms with van der Waals surface area (Å²) in [6, 6.07) is 0. The molecule has 1 heterocycles. The zero-order chi connectivity index (χ0) is 21.4. The predicted molar refractivity (Wildman–Crippen MR) is 126 cm³/mol. The molecule has 3 unspecified atom stereocenters. The molecule has 29 heavy (non-hydrogen) atoms. The summed E-state index contributed by atoms with van der Waals surface area (Å²) in [5.41, 5.74) is 1.05. The van der Waals surface area contributed by atoms with Gasteiger partial charge in [0, 0.05) is 37.4 Å². The van der Waals surface area contributed by atoms with Gasteiger partial charge < -0.3 is 5.32 Å². The second-order valence-corrected chi connectivity index (χ2v) is 9.59. The Hall–Kier alpha value is -1.54. The largest absolute Gasteiger partial charge is 0.301 e. The summed E-state index contributed by atoms with van der Waals surface area (Å²) in [4.78, 5) is 20.8. The van der Waals surface area contributed by atoms with Crippen LogP contribution < -0.4 is 5.32 Å². The SMILES string of the molecule is CC=C(C)N=C(SC(=NC)C1CCCC(c2nnc(NC(C)=O)s2)C1)C(C)CC. The van der Waals surface area contributed by atoms with Crippen molar-refractivity contribution in [3.8, 4) is 0 Å². The van der Waals surface area contributed by atoms with Crippen LogP contribution in [0, 0.1) is 11.8 Å². The highest BCUT2D eigenvalue weighted by Crippen LogP contribution is 2.40. The lowest BCUT2D eigenvalue weighted by atomic mass is 9.82. The Bertz CT molecular complexity index is 784. The van der Waals surface area contributed by atoms with Crippen LogP contribution >= 0.6 is 23.1 Å². The third kappa shape index (κ3) is 7.03. The number of hydrogen-bond donors (Lipinski definition) is 1. The summed E-state index contributed by atoms with van der Waals surface area (Å²) in [7, 11) is 1.89. The maximum atomic E-state index is 11.3. The maximum absolute atomic E-state index is 11.3. The average molecular weight is 436 g/mol. The molecule has 2 rings (SSSR count). The molecule has 0 aliphatic heterocycles. The van der Waals surface area contributed by atoms with Gasteiger partial charge in [-0.2, -0.15) is 0 Å². The van der Waals surface area contributed by atoms with E-state index < -0.39 is 0 Å². The van der Waals surface area contributed by atoms with Crippen molar-refractivity contribution >= 4 is 44.2 Å². The van der Waals surface area contributed by atoms with Crippen LogP contribution in [0.15, 0.2) is 21.8 Å². The van der Waals surface area contributed by atoms with Gasteiger partial charge in [-0.3, -0.25) is 14.8 Å². The van der Waals surface area contributed by atoms with Crippen LogP contribution in [0.4, 0.5) is 5.13 Å². The number of carbonyl (C=O) groups excluding carboxylic acids is 1. The number of hydrogen-bond acceptors (Lipinski definition) is 7. The summed E-state index contributed by atoms with van der Waals surface area (Å²) >= 11 is 3.24. The van der Waals surface area contributed by atoms with Crippen LogP contribution in [-0.2, 0) is 4.79 Å². The fourth-order valence-electron chi connectivity index (χ4n) is 3.30. The number of aliphatic imine (C=N–C) groups is 2. The molecule has 1 fully saturated rings. The molecular formula is C21H33N5OS2. The van der Waals surface area contributed by atoms with E-state index in [0.29, 0.717) is 22.9 Å². The van der Waals surface area contributed by atoms with Gasteiger partial charge >= 0.3 is 0 Å². The van der Waals surface area contributed by atoms with Crippen LogP contribution in [-0.4, -0.2) is 33.2 Å². The minimum atomic E-state index is -0.112. The number of allylic oxidation sites excluding steroid dienone is 2. The van der Waals surface area contributed by atoms with E-state index >= 15 is 0 Å². The number of thioether (sulfide) groups is 1. The normalized spacial score (nSPS) is 22.5. The molecule has 1 aromatic rings. The lowest BCUT2D eigenvalue weighted by molar-refractivity contribution is -0.114. The van der Waals surface area contributed by atoms with Gasteiger partial charge in [-0.1, -0.05) is 49.4 Å². The number of rotatable bonds is 6. The number of aromatic nitrogens is 2. The van der Waals surface area contributed by atoms with Crippen molar-refractivity contribution in [3.05, 3.63) is 16.8 Å². The summed E-state index contributed by atoms with van der Waals surface area (Å²) in [5, 5.41) is 15.1. The van der Waals surface area contributed by atoms with E-state index in [1.165, 1.54) is 23.3 Å². The molecule has 1 aromatic heterocycles. The van der Waals surface area contributed by atoms with Gasteiger partial charge in [-0.25, -0.2) is 0 Å². The molecule has 160 valence electrons. The van der Waals surface area contributed by atoms with Crippen molar-refractivity contribution in [2.24, 2.45) is 21.8 Å². The van der Waals surface area contributed by atoms with E-state index in [1.807, 2.05) is 27.0 Å². The second-order valence-electron chi connectivity index (χ2n) is 7.54. The minimum absolute atomic E-state index is 0.112. The van der Waals surface area contributed by atoms with E-state index in [4.69, 9.17) is 4.99 Å². The predicted octanol–water partition coefficient (Wildman–Crippen LogP) is 5.90. The first kappa shape index (κ1) is 23.7. The molecule has 1 aliphatic rings. The lowest BCUT2D eigenvalue weighted by Gasteiger charge is -2.29. The van der Waals surface area contributed by atoms with Crippen LogP contribution in [0.3, 0.4) is 0 Å². The zero-order valence-corrected chi connectivity index (χ0v) is 20.0. The van der Waals surface area contributed by atoms with Crippen LogP contribution in [0.25, 0.3) is 0 Å². The van der Waals surface area contributed by atoms with Gasteiger partial charge in [0.2, 0.25) is 11.0 Å². The first-order valence-electron chi connectivity index (χ1n) is 10.3. The van der Waals surface area contributed by atoms with Gasteiger partial charge in [-0.05, 0) is 39.5 Å². The fraction of sp³-hybridized carbons (Fsp3) is 0.667. The van der Waals surface area contributed by atoms with Crippen molar-refractivity contribution in [2.75, 3.05) is 12.4 Å². The standard InChI is InChI=1S/C21H33N5OS2/c1-7-13(3)18(23-14(4)8-2)28-19(22-6)16-10-9-11-17(12-16)20-25-26-21(29-20)24-15(5)27/h8,13,16-17H,7,9-12H2,1-6H3,(H,24,26,27). The average Bonchev–Trinajstić information content (AvgIpc) is 3.18. The van der Waals surface area contributed by atoms with Gasteiger partial charge in [-0.15, -0.1) is 10.2 Å². The van der Waals surface area contributed by atoms with Gasteiger partial charge in [0.05, 0.1) is 10.1 Å². The highest BCUT2D eigenvalue weighted by molar-refractivity contribution is 8.26. The van der Waals surface area contributed by atoms with Crippen molar-refractivity contribution in [1.82, 2.24) is 10.2 Å². The number of anilines is 1. The molecule has 0 aromatic carbocycles. The Kier molecular flexibility index (Phi) is 9.49. The minimum Gasteiger partial charge on any atom is -0.301 e. The third-order valence-electron chi connectivity index (χ3n) is 5.26. The van der Waals surface area contributed by atoms with Crippen molar-refractivity contribution in [1.29, 1.82) is 0 Å². The fourth-order valence-corrected chi connectivity index (χ4v) is 5.49. The van der Waals surface area contributed by atoms with E-state index in [9.17, 15) is 4.79 Å². The van der Waals surface area contributed by atoms with Crippen LogP contribution in [0.5, 0.6) is 0 Å². The van der Waals surface area contributed by atoms with Gasteiger partial charge in [0.15, 0.2) is 0 Å². The summed E-state index contributed by atoms with van der Waals surface area (Å²) in [5.74, 6) is 1.08. The molecule has 1 amide bonds. The van der Waals surface area contributed by atoms with Crippen LogP contribution in [0.1, 0.15) is 77.6 Å². The third-order valence-corrected chi connectivity index (χ3v) is 7.69. The molecule has 1 N–H and O–H groups in total. The highest BCUT2D eigenvalue weighted by Gasteiger charge is 2.30. The Balaban J connectivity index is 2.13. The molecule has 0 spiro atoms. The Morgan fingerprint density at radius 2 is 2.14 bits per heavy atom. The Labute approximate surface area is 182 Å².